The summed E-state index contributed by atoms with van der Waals surface area (Å²) in [5, 5.41) is 3.20. The van der Waals surface area contributed by atoms with Crippen molar-refractivity contribution in [2.45, 2.75) is 40.0 Å². The van der Waals surface area contributed by atoms with Crippen LogP contribution in [-0.4, -0.2) is 17.0 Å². The van der Waals surface area contributed by atoms with Gasteiger partial charge < -0.3 is 5.32 Å². The zero-order valence-corrected chi connectivity index (χ0v) is 16.1. The maximum absolute atomic E-state index is 4.98. The molecule has 3 heteroatoms. The molecule has 2 aromatic carbocycles. The SMILES string of the molecule is CCc1ccc(-c2nc(CC)c(NC)nc2-c2ccc(CC)cc2)cc1. The fourth-order valence-electron chi connectivity index (χ4n) is 3.12. The van der Waals surface area contributed by atoms with Gasteiger partial charge in [-0.05, 0) is 30.4 Å². The average Bonchev–Trinajstić information content (AvgIpc) is 2.73. The second-order valence-electron chi connectivity index (χ2n) is 6.42. The van der Waals surface area contributed by atoms with E-state index in [1.165, 1.54) is 11.1 Å². The summed E-state index contributed by atoms with van der Waals surface area (Å²) in [4.78, 5) is 9.91. The molecule has 1 N–H and O–H groups in total. The molecule has 3 nitrogen and oxygen atoms in total. The van der Waals surface area contributed by atoms with Crippen molar-refractivity contribution in [2.75, 3.05) is 12.4 Å². The van der Waals surface area contributed by atoms with Crippen molar-refractivity contribution >= 4 is 5.82 Å². The van der Waals surface area contributed by atoms with E-state index in [0.717, 1.165) is 53.3 Å². The molecule has 0 unspecified atom stereocenters. The van der Waals surface area contributed by atoms with Gasteiger partial charge in [0.25, 0.3) is 0 Å². The van der Waals surface area contributed by atoms with E-state index >= 15 is 0 Å². The first-order valence-corrected chi connectivity index (χ1v) is 9.47. The molecule has 26 heavy (non-hydrogen) atoms. The summed E-state index contributed by atoms with van der Waals surface area (Å²) < 4.78 is 0. The van der Waals surface area contributed by atoms with Crippen molar-refractivity contribution in [3.63, 3.8) is 0 Å². The van der Waals surface area contributed by atoms with Crippen LogP contribution in [0.3, 0.4) is 0 Å². The number of benzene rings is 2. The number of nitrogens with zero attached hydrogens (tertiary/aromatic N) is 2. The van der Waals surface area contributed by atoms with Crippen molar-refractivity contribution in [1.29, 1.82) is 0 Å². The van der Waals surface area contributed by atoms with E-state index in [9.17, 15) is 0 Å². The zero-order chi connectivity index (χ0) is 18.5. The summed E-state index contributed by atoms with van der Waals surface area (Å²) in [6, 6.07) is 17.3. The first-order chi connectivity index (χ1) is 12.7. The molecule has 3 rings (SSSR count). The van der Waals surface area contributed by atoms with E-state index in [1.807, 2.05) is 7.05 Å². The number of aromatic nitrogens is 2. The van der Waals surface area contributed by atoms with Gasteiger partial charge in [0, 0.05) is 18.2 Å². The van der Waals surface area contributed by atoms with Gasteiger partial charge >= 0.3 is 0 Å². The first-order valence-electron chi connectivity index (χ1n) is 9.47. The second kappa shape index (κ2) is 8.13. The number of hydrogen-bond acceptors (Lipinski definition) is 3. The Morgan fingerprint density at radius 1 is 0.654 bits per heavy atom. The van der Waals surface area contributed by atoms with Crippen molar-refractivity contribution < 1.29 is 0 Å². The molecule has 0 aliphatic rings. The quantitative estimate of drug-likeness (QED) is 0.637. The number of nitrogens with one attached hydrogen (secondary N) is 1. The third-order valence-corrected chi connectivity index (χ3v) is 4.81. The molecule has 3 aromatic rings. The molecule has 0 atom stereocenters. The van der Waals surface area contributed by atoms with Gasteiger partial charge in [-0.2, -0.15) is 0 Å². The minimum absolute atomic E-state index is 0.846. The monoisotopic (exact) mass is 345 g/mol. The lowest BCUT2D eigenvalue weighted by Gasteiger charge is -2.14. The van der Waals surface area contributed by atoms with E-state index < -0.39 is 0 Å². The Balaban J connectivity index is 2.18. The minimum atomic E-state index is 0.846. The van der Waals surface area contributed by atoms with Crippen LogP contribution >= 0.6 is 0 Å². The molecule has 1 aromatic heterocycles. The summed E-state index contributed by atoms with van der Waals surface area (Å²) in [5.74, 6) is 0.857. The predicted octanol–water partition coefficient (Wildman–Crippen LogP) is 5.54. The van der Waals surface area contributed by atoms with E-state index in [-0.39, 0.29) is 0 Å². The molecular formula is C23H27N3. The summed E-state index contributed by atoms with van der Waals surface area (Å²) >= 11 is 0. The van der Waals surface area contributed by atoms with Crippen molar-refractivity contribution in [2.24, 2.45) is 0 Å². The highest BCUT2D eigenvalue weighted by Gasteiger charge is 2.15. The maximum atomic E-state index is 4.98. The molecular weight excluding hydrogens is 318 g/mol. The summed E-state index contributed by atoms with van der Waals surface area (Å²) in [5.41, 5.74) is 7.75. The van der Waals surface area contributed by atoms with Gasteiger partial charge in [-0.1, -0.05) is 69.3 Å². The Kier molecular flexibility index (Phi) is 5.67. The highest BCUT2D eigenvalue weighted by molar-refractivity contribution is 5.79. The molecule has 0 amide bonds. The van der Waals surface area contributed by atoms with Crippen LogP contribution in [0.5, 0.6) is 0 Å². The number of anilines is 1. The van der Waals surface area contributed by atoms with Crippen LogP contribution in [0.25, 0.3) is 22.5 Å². The molecule has 134 valence electrons. The Morgan fingerprint density at radius 2 is 1.12 bits per heavy atom. The molecule has 0 radical (unpaired) electrons. The van der Waals surface area contributed by atoms with E-state index in [0.29, 0.717) is 0 Å². The largest absolute Gasteiger partial charge is 0.372 e. The van der Waals surface area contributed by atoms with Gasteiger partial charge in [0.05, 0.1) is 17.1 Å². The lowest BCUT2D eigenvalue weighted by atomic mass is 10.0. The lowest BCUT2D eigenvalue weighted by Crippen LogP contribution is -2.05. The molecule has 0 fully saturated rings. The lowest BCUT2D eigenvalue weighted by molar-refractivity contribution is 1.01. The molecule has 0 aliphatic carbocycles. The minimum Gasteiger partial charge on any atom is -0.372 e. The fourth-order valence-corrected chi connectivity index (χ4v) is 3.12. The van der Waals surface area contributed by atoms with E-state index in [1.54, 1.807) is 0 Å². The highest BCUT2D eigenvalue weighted by Crippen LogP contribution is 2.32. The maximum Gasteiger partial charge on any atom is 0.148 e. The van der Waals surface area contributed by atoms with E-state index in [4.69, 9.17) is 9.97 Å². The van der Waals surface area contributed by atoms with Gasteiger partial charge in [-0.15, -0.1) is 0 Å². The number of hydrogen-bond donors (Lipinski definition) is 1. The van der Waals surface area contributed by atoms with E-state index in [2.05, 4.69) is 74.6 Å². The summed E-state index contributed by atoms with van der Waals surface area (Å²) in [6.07, 6.45) is 2.92. The van der Waals surface area contributed by atoms with Crippen molar-refractivity contribution in [1.82, 2.24) is 9.97 Å². The fraction of sp³-hybridized carbons (Fsp3) is 0.304. The Bertz CT molecular complexity index is 791. The van der Waals surface area contributed by atoms with Crippen LogP contribution in [0, 0.1) is 0 Å². The van der Waals surface area contributed by atoms with Crippen LogP contribution in [0.1, 0.15) is 37.6 Å². The van der Waals surface area contributed by atoms with Crippen LogP contribution in [0.4, 0.5) is 5.82 Å². The Labute approximate surface area is 156 Å². The third kappa shape index (κ3) is 3.62. The van der Waals surface area contributed by atoms with Gasteiger partial charge in [-0.25, -0.2) is 9.97 Å². The van der Waals surface area contributed by atoms with Crippen molar-refractivity contribution in [3.05, 3.63) is 65.4 Å². The highest BCUT2D eigenvalue weighted by atomic mass is 15.0. The smallest absolute Gasteiger partial charge is 0.148 e. The number of aryl methyl sites for hydroxylation is 3. The van der Waals surface area contributed by atoms with Gasteiger partial charge in [0.2, 0.25) is 0 Å². The van der Waals surface area contributed by atoms with Crippen LogP contribution in [0.15, 0.2) is 48.5 Å². The molecule has 0 bridgehead atoms. The van der Waals surface area contributed by atoms with Crippen LogP contribution < -0.4 is 5.32 Å². The molecule has 0 saturated heterocycles. The zero-order valence-electron chi connectivity index (χ0n) is 16.1. The Morgan fingerprint density at radius 3 is 1.50 bits per heavy atom. The molecule has 0 aliphatic heterocycles. The van der Waals surface area contributed by atoms with Gasteiger partial charge in [0.1, 0.15) is 5.82 Å². The molecule has 0 spiro atoms. The first kappa shape index (κ1) is 18.1. The standard InChI is InChI=1S/C23H27N3/c1-5-16-8-12-18(13-9-16)21-22(19-14-10-17(6-2)11-15-19)26-23(24-4)20(7-3)25-21/h8-15H,5-7H2,1-4H3,(H,24,26). The van der Waals surface area contributed by atoms with Gasteiger partial charge in [0.15, 0.2) is 0 Å². The van der Waals surface area contributed by atoms with Crippen molar-refractivity contribution in [3.8, 4) is 22.5 Å². The van der Waals surface area contributed by atoms with Crippen LogP contribution in [-0.2, 0) is 19.3 Å². The number of rotatable bonds is 6. The predicted molar refractivity (Wildman–Crippen MR) is 111 cm³/mol. The third-order valence-electron chi connectivity index (χ3n) is 4.81. The second-order valence-corrected chi connectivity index (χ2v) is 6.42. The van der Waals surface area contributed by atoms with Crippen LogP contribution in [0.2, 0.25) is 0 Å². The van der Waals surface area contributed by atoms with Gasteiger partial charge in [-0.3, -0.25) is 0 Å². The normalized spacial score (nSPS) is 10.8. The summed E-state index contributed by atoms with van der Waals surface area (Å²) in [7, 11) is 1.91. The summed E-state index contributed by atoms with van der Waals surface area (Å²) in [6.45, 7) is 6.46. The average molecular weight is 345 g/mol. The molecule has 0 saturated carbocycles. The topological polar surface area (TPSA) is 37.8 Å². The Hall–Kier alpha value is -2.68. The molecule has 1 heterocycles.